The summed E-state index contributed by atoms with van der Waals surface area (Å²) in [6.45, 7) is 6.78. The van der Waals surface area contributed by atoms with Crippen LogP contribution in [0, 0.1) is 5.82 Å². The van der Waals surface area contributed by atoms with E-state index in [2.05, 4.69) is 4.98 Å². The molecule has 1 aliphatic rings. The van der Waals surface area contributed by atoms with Crippen molar-refractivity contribution < 1.29 is 9.13 Å². The number of morpholine rings is 1. The van der Waals surface area contributed by atoms with Crippen molar-refractivity contribution in [2.45, 2.75) is 19.8 Å². The van der Waals surface area contributed by atoms with E-state index in [-0.39, 0.29) is 5.82 Å². The molecule has 0 aromatic carbocycles. The Bertz CT molecular complexity index is 362. The van der Waals surface area contributed by atoms with Crippen LogP contribution in [0.4, 0.5) is 10.2 Å². The molecule has 0 radical (unpaired) electrons. The van der Waals surface area contributed by atoms with E-state index in [0.29, 0.717) is 38.0 Å². The van der Waals surface area contributed by atoms with E-state index < -0.39 is 0 Å². The molecule has 0 spiro atoms. The van der Waals surface area contributed by atoms with E-state index >= 15 is 0 Å². The Morgan fingerprint density at radius 1 is 1.38 bits per heavy atom. The maximum atomic E-state index is 13.8. The molecule has 1 saturated heterocycles. The molecule has 1 aromatic rings. The maximum absolute atomic E-state index is 13.8. The quantitative estimate of drug-likeness (QED) is 0.770. The number of hydrogen-bond acceptors (Lipinski definition) is 3. The van der Waals surface area contributed by atoms with Gasteiger partial charge < -0.3 is 9.64 Å². The van der Waals surface area contributed by atoms with Crippen LogP contribution in [-0.4, -0.2) is 31.3 Å². The van der Waals surface area contributed by atoms with E-state index in [1.165, 1.54) is 0 Å². The fourth-order valence-electron chi connectivity index (χ4n) is 1.77. The summed E-state index contributed by atoms with van der Waals surface area (Å²) in [5, 5.41) is 0. The fourth-order valence-corrected chi connectivity index (χ4v) is 1.77. The summed E-state index contributed by atoms with van der Waals surface area (Å²) in [6, 6.07) is 1.59. The molecule has 0 N–H and O–H groups in total. The van der Waals surface area contributed by atoms with Crippen LogP contribution in [0.3, 0.4) is 0 Å². The van der Waals surface area contributed by atoms with Gasteiger partial charge in [-0.25, -0.2) is 9.37 Å². The number of halogens is 1. The van der Waals surface area contributed by atoms with Gasteiger partial charge in [0.15, 0.2) is 11.6 Å². The van der Waals surface area contributed by atoms with Crippen LogP contribution in [0.2, 0.25) is 0 Å². The first-order valence-corrected chi connectivity index (χ1v) is 5.66. The fraction of sp³-hybridized carbons (Fsp3) is 0.583. The van der Waals surface area contributed by atoms with Gasteiger partial charge in [-0.15, -0.1) is 0 Å². The molecule has 2 heterocycles. The lowest BCUT2D eigenvalue weighted by atomic mass is 10.1. The van der Waals surface area contributed by atoms with Crippen molar-refractivity contribution in [3.63, 3.8) is 0 Å². The molecule has 88 valence electrons. The zero-order valence-electron chi connectivity index (χ0n) is 9.74. The Kier molecular flexibility index (Phi) is 3.39. The van der Waals surface area contributed by atoms with Crippen LogP contribution in [-0.2, 0) is 4.74 Å². The van der Waals surface area contributed by atoms with Gasteiger partial charge in [-0.3, -0.25) is 0 Å². The third kappa shape index (κ3) is 2.32. The topological polar surface area (TPSA) is 25.4 Å². The molecule has 0 amide bonds. The van der Waals surface area contributed by atoms with Gasteiger partial charge in [0.2, 0.25) is 0 Å². The molecule has 0 bridgehead atoms. The number of rotatable bonds is 2. The summed E-state index contributed by atoms with van der Waals surface area (Å²) in [5.74, 6) is 0.529. The van der Waals surface area contributed by atoms with Gasteiger partial charge in [0.25, 0.3) is 0 Å². The predicted octanol–water partition coefficient (Wildman–Crippen LogP) is 2.18. The number of nitrogens with zero attached hydrogens (tertiary/aromatic N) is 2. The molecule has 1 fully saturated rings. The Balaban J connectivity index is 2.21. The molecular formula is C12H17FN2O. The van der Waals surface area contributed by atoms with Crippen LogP contribution < -0.4 is 4.90 Å². The maximum Gasteiger partial charge on any atom is 0.165 e. The van der Waals surface area contributed by atoms with Crippen LogP contribution >= 0.6 is 0 Å². The average molecular weight is 224 g/mol. The largest absolute Gasteiger partial charge is 0.378 e. The van der Waals surface area contributed by atoms with Crippen molar-refractivity contribution in [3.05, 3.63) is 23.6 Å². The number of ether oxygens (including phenoxy) is 1. The monoisotopic (exact) mass is 224 g/mol. The zero-order valence-corrected chi connectivity index (χ0v) is 9.74. The van der Waals surface area contributed by atoms with Crippen LogP contribution in [0.15, 0.2) is 12.3 Å². The molecule has 3 nitrogen and oxygen atoms in total. The number of aromatic nitrogens is 1. The van der Waals surface area contributed by atoms with Gasteiger partial charge in [-0.2, -0.15) is 0 Å². The Hall–Kier alpha value is -1.16. The summed E-state index contributed by atoms with van der Waals surface area (Å²) >= 11 is 0. The minimum Gasteiger partial charge on any atom is -0.378 e. The van der Waals surface area contributed by atoms with Crippen LogP contribution in [0.5, 0.6) is 0 Å². The molecule has 4 heteroatoms. The Morgan fingerprint density at radius 2 is 2.06 bits per heavy atom. The number of anilines is 1. The van der Waals surface area contributed by atoms with E-state index in [1.54, 1.807) is 12.3 Å². The summed E-state index contributed by atoms with van der Waals surface area (Å²) in [7, 11) is 0. The second-order valence-corrected chi connectivity index (χ2v) is 4.33. The Morgan fingerprint density at radius 3 is 2.62 bits per heavy atom. The average Bonchev–Trinajstić information content (AvgIpc) is 2.30. The first kappa shape index (κ1) is 11.3. The molecule has 1 aromatic heterocycles. The molecule has 1 aliphatic heterocycles. The van der Waals surface area contributed by atoms with Crippen molar-refractivity contribution in [2.75, 3.05) is 31.2 Å². The minimum absolute atomic E-state index is 0.229. The lowest BCUT2D eigenvalue weighted by Crippen LogP contribution is -2.37. The van der Waals surface area contributed by atoms with Crippen molar-refractivity contribution in [1.82, 2.24) is 4.98 Å². The summed E-state index contributed by atoms with van der Waals surface area (Å²) in [5.41, 5.74) is 0.939. The van der Waals surface area contributed by atoms with Gasteiger partial charge >= 0.3 is 0 Å². The minimum atomic E-state index is -0.229. The van der Waals surface area contributed by atoms with E-state index in [4.69, 9.17) is 4.74 Å². The van der Waals surface area contributed by atoms with Gasteiger partial charge in [-0.05, 0) is 17.5 Å². The van der Waals surface area contributed by atoms with Gasteiger partial charge in [0, 0.05) is 19.3 Å². The number of pyridine rings is 1. The number of hydrogen-bond donors (Lipinski definition) is 0. The van der Waals surface area contributed by atoms with Gasteiger partial charge in [0.1, 0.15) is 0 Å². The third-order valence-electron chi connectivity index (χ3n) is 2.82. The van der Waals surface area contributed by atoms with Crippen molar-refractivity contribution >= 4 is 5.82 Å². The van der Waals surface area contributed by atoms with Gasteiger partial charge in [-0.1, -0.05) is 13.8 Å². The van der Waals surface area contributed by atoms with Crippen LogP contribution in [0.25, 0.3) is 0 Å². The molecule has 0 unspecified atom stereocenters. The Labute approximate surface area is 95.2 Å². The molecule has 2 rings (SSSR count). The highest BCUT2D eigenvalue weighted by Gasteiger charge is 2.17. The zero-order chi connectivity index (χ0) is 11.5. The smallest absolute Gasteiger partial charge is 0.165 e. The summed E-state index contributed by atoms with van der Waals surface area (Å²) in [4.78, 5) is 6.15. The lowest BCUT2D eigenvalue weighted by molar-refractivity contribution is 0.122. The summed E-state index contributed by atoms with van der Waals surface area (Å²) in [6.07, 6.45) is 1.76. The van der Waals surface area contributed by atoms with Crippen molar-refractivity contribution in [2.24, 2.45) is 0 Å². The third-order valence-corrected chi connectivity index (χ3v) is 2.82. The molecule has 0 aliphatic carbocycles. The van der Waals surface area contributed by atoms with Crippen molar-refractivity contribution in [1.29, 1.82) is 0 Å². The molecule has 0 saturated carbocycles. The van der Waals surface area contributed by atoms with E-state index in [9.17, 15) is 4.39 Å². The normalized spacial score (nSPS) is 16.9. The molecular weight excluding hydrogens is 207 g/mol. The highest BCUT2D eigenvalue weighted by molar-refractivity contribution is 5.42. The van der Waals surface area contributed by atoms with Gasteiger partial charge in [0.05, 0.1) is 13.2 Å². The first-order chi connectivity index (χ1) is 7.68. The molecule has 16 heavy (non-hydrogen) atoms. The predicted molar refractivity (Wildman–Crippen MR) is 61.3 cm³/mol. The van der Waals surface area contributed by atoms with Crippen molar-refractivity contribution in [3.8, 4) is 0 Å². The lowest BCUT2D eigenvalue weighted by Gasteiger charge is -2.28. The summed E-state index contributed by atoms with van der Waals surface area (Å²) < 4.78 is 19.1. The second-order valence-electron chi connectivity index (χ2n) is 4.33. The second kappa shape index (κ2) is 4.78. The molecule has 0 atom stereocenters. The van der Waals surface area contributed by atoms with Crippen LogP contribution in [0.1, 0.15) is 25.3 Å². The highest BCUT2D eigenvalue weighted by atomic mass is 19.1. The van der Waals surface area contributed by atoms with E-state index in [1.807, 2.05) is 18.7 Å². The van der Waals surface area contributed by atoms with E-state index in [0.717, 1.165) is 5.56 Å². The first-order valence-electron chi connectivity index (χ1n) is 5.66. The SMILES string of the molecule is CC(C)c1cnc(N2CCOCC2)c(F)c1. The standard InChI is InChI=1S/C12H17FN2O/c1-9(2)10-7-11(13)12(14-8-10)15-3-5-16-6-4-15/h7-9H,3-6H2,1-2H3. The highest BCUT2D eigenvalue weighted by Crippen LogP contribution is 2.21.